The number of benzene rings is 1. The molecule has 0 saturated carbocycles. The van der Waals surface area contributed by atoms with Crippen molar-refractivity contribution in [3.8, 4) is 0 Å². The second-order valence-corrected chi connectivity index (χ2v) is 6.81. The third-order valence-corrected chi connectivity index (χ3v) is 5.00. The van der Waals surface area contributed by atoms with Crippen molar-refractivity contribution >= 4 is 17.3 Å². The number of aryl methyl sites for hydroxylation is 1. The highest BCUT2D eigenvalue weighted by Crippen LogP contribution is 2.16. The molecule has 6 heteroatoms. The first-order valence-electron chi connectivity index (χ1n) is 8.80. The third kappa shape index (κ3) is 6.48. The highest BCUT2D eigenvalue weighted by molar-refractivity contribution is 7.11. The summed E-state index contributed by atoms with van der Waals surface area (Å²) < 4.78 is 5.58. The number of guanidine groups is 1. The van der Waals surface area contributed by atoms with E-state index in [1.165, 1.54) is 9.88 Å². The van der Waals surface area contributed by atoms with Crippen molar-refractivity contribution in [2.24, 2.45) is 4.99 Å². The zero-order chi connectivity index (χ0) is 17.9. The highest BCUT2D eigenvalue weighted by atomic mass is 32.1. The van der Waals surface area contributed by atoms with Crippen LogP contribution in [0.2, 0.25) is 0 Å². The predicted molar refractivity (Wildman–Crippen MR) is 105 cm³/mol. The van der Waals surface area contributed by atoms with Gasteiger partial charge in [0.2, 0.25) is 0 Å². The van der Waals surface area contributed by atoms with E-state index < -0.39 is 0 Å². The van der Waals surface area contributed by atoms with Crippen LogP contribution in [-0.2, 0) is 17.6 Å². The van der Waals surface area contributed by atoms with E-state index >= 15 is 0 Å². The summed E-state index contributed by atoms with van der Waals surface area (Å²) in [5.74, 6) is 0.813. The molecule has 136 valence electrons. The van der Waals surface area contributed by atoms with Crippen molar-refractivity contribution in [1.29, 1.82) is 0 Å². The number of hydrogen-bond donors (Lipinski definition) is 2. The third-order valence-electron chi connectivity index (χ3n) is 3.80. The second-order valence-electron chi connectivity index (χ2n) is 5.61. The minimum atomic E-state index is -0.0391. The molecule has 0 aliphatic carbocycles. The lowest BCUT2D eigenvalue weighted by molar-refractivity contribution is 0.111. The molecule has 0 radical (unpaired) electrons. The van der Waals surface area contributed by atoms with Gasteiger partial charge in [-0.15, -0.1) is 11.3 Å². The number of nitrogens with one attached hydrogen (secondary N) is 2. The predicted octanol–water partition coefficient (Wildman–Crippen LogP) is 3.19. The molecule has 2 aromatic rings. The first kappa shape index (κ1) is 19.4. The summed E-state index contributed by atoms with van der Waals surface area (Å²) >= 11 is 1.79. The first-order chi connectivity index (χ1) is 12.3. The van der Waals surface area contributed by atoms with E-state index in [2.05, 4.69) is 46.6 Å². The molecule has 2 N–H and O–H groups in total. The van der Waals surface area contributed by atoms with Crippen LogP contribution in [-0.4, -0.2) is 37.7 Å². The number of ether oxygens (including phenoxy) is 1. The topological polar surface area (TPSA) is 58.5 Å². The van der Waals surface area contributed by atoms with Crippen LogP contribution in [0, 0.1) is 0 Å². The zero-order valence-electron chi connectivity index (χ0n) is 15.3. The van der Waals surface area contributed by atoms with Crippen molar-refractivity contribution in [3.05, 3.63) is 52.0 Å². The quantitative estimate of drug-likeness (QED) is 0.533. The normalized spacial score (nSPS) is 12.8. The minimum Gasteiger partial charge on any atom is -0.375 e. The smallest absolute Gasteiger partial charge is 0.191 e. The lowest BCUT2D eigenvalue weighted by atomic mass is 10.1. The second kappa shape index (κ2) is 10.8. The van der Waals surface area contributed by atoms with Crippen LogP contribution < -0.4 is 10.6 Å². The average Bonchev–Trinajstić information content (AvgIpc) is 3.11. The number of rotatable bonds is 9. The average molecular weight is 361 g/mol. The largest absolute Gasteiger partial charge is 0.375 e. The molecule has 0 bridgehead atoms. The number of hydrogen-bond acceptors (Lipinski definition) is 4. The molecule has 2 rings (SSSR count). The number of nitrogens with zero attached hydrogens (tertiary/aromatic N) is 2. The molecule has 1 aromatic heterocycles. The Morgan fingerprint density at radius 3 is 2.68 bits per heavy atom. The van der Waals surface area contributed by atoms with Gasteiger partial charge < -0.3 is 15.4 Å². The molecule has 5 nitrogen and oxygen atoms in total. The van der Waals surface area contributed by atoms with Gasteiger partial charge in [0.15, 0.2) is 5.96 Å². The van der Waals surface area contributed by atoms with E-state index in [9.17, 15) is 0 Å². The Morgan fingerprint density at radius 1 is 1.24 bits per heavy atom. The summed E-state index contributed by atoms with van der Waals surface area (Å²) in [7, 11) is 1.72. The highest BCUT2D eigenvalue weighted by Gasteiger charge is 2.10. The molecule has 0 spiro atoms. The molecule has 1 unspecified atom stereocenters. The van der Waals surface area contributed by atoms with Crippen LogP contribution in [0.4, 0.5) is 0 Å². The molecule has 0 amide bonds. The van der Waals surface area contributed by atoms with E-state index in [4.69, 9.17) is 4.74 Å². The number of methoxy groups -OCH3 is 1. The summed E-state index contributed by atoms with van der Waals surface area (Å²) in [6.45, 7) is 6.44. The SMILES string of the molecule is CCNC(=NCC(OC)c1ccccc1)NCCc1ncc(CC)s1. The van der Waals surface area contributed by atoms with Crippen molar-refractivity contribution in [2.75, 3.05) is 26.7 Å². The van der Waals surface area contributed by atoms with Crippen LogP contribution in [0.1, 0.15) is 35.4 Å². The Bertz CT molecular complexity index is 642. The monoisotopic (exact) mass is 360 g/mol. The first-order valence-corrected chi connectivity index (χ1v) is 9.62. The molecule has 1 atom stereocenters. The summed E-state index contributed by atoms with van der Waals surface area (Å²) in [5.41, 5.74) is 1.14. The van der Waals surface area contributed by atoms with Gasteiger partial charge in [-0.05, 0) is 18.9 Å². The maximum atomic E-state index is 5.58. The Labute approximate surface area is 154 Å². The Kier molecular flexibility index (Phi) is 8.42. The Balaban J connectivity index is 1.88. The van der Waals surface area contributed by atoms with Gasteiger partial charge in [0.25, 0.3) is 0 Å². The van der Waals surface area contributed by atoms with Gasteiger partial charge in [-0.1, -0.05) is 37.3 Å². The Hall–Kier alpha value is -1.92. The van der Waals surface area contributed by atoms with Gasteiger partial charge in [-0.3, -0.25) is 4.99 Å². The van der Waals surface area contributed by atoms with E-state index in [1.54, 1.807) is 18.4 Å². The number of aliphatic imine (C=N–C) groups is 1. The number of aromatic nitrogens is 1. The fourth-order valence-electron chi connectivity index (χ4n) is 2.41. The molecule has 1 aromatic carbocycles. The zero-order valence-corrected chi connectivity index (χ0v) is 16.1. The van der Waals surface area contributed by atoms with Gasteiger partial charge in [-0.25, -0.2) is 4.98 Å². The van der Waals surface area contributed by atoms with Crippen molar-refractivity contribution in [2.45, 2.75) is 32.8 Å². The van der Waals surface area contributed by atoms with E-state index in [0.717, 1.165) is 37.5 Å². The maximum absolute atomic E-state index is 5.58. The Morgan fingerprint density at radius 2 is 2.04 bits per heavy atom. The number of thiazole rings is 1. The fourth-order valence-corrected chi connectivity index (χ4v) is 3.28. The lowest BCUT2D eigenvalue weighted by Gasteiger charge is -2.15. The summed E-state index contributed by atoms with van der Waals surface area (Å²) in [5, 5.41) is 7.83. The van der Waals surface area contributed by atoms with E-state index in [1.807, 2.05) is 24.4 Å². The molecule has 25 heavy (non-hydrogen) atoms. The fraction of sp³-hybridized carbons (Fsp3) is 0.474. The summed E-state index contributed by atoms with van der Waals surface area (Å²) in [6, 6.07) is 10.2. The summed E-state index contributed by atoms with van der Waals surface area (Å²) in [6.07, 6.45) is 3.89. The van der Waals surface area contributed by atoms with Crippen molar-refractivity contribution in [1.82, 2.24) is 15.6 Å². The molecular weight excluding hydrogens is 332 g/mol. The summed E-state index contributed by atoms with van der Waals surface area (Å²) in [4.78, 5) is 10.5. The standard InChI is InChI=1S/C19H28N4OS/c1-4-16-13-22-18(25-16)11-12-21-19(20-5-2)23-14-17(24-3)15-9-7-6-8-10-15/h6-10,13,17H,4-5,11-12,14H2,1-3H3,(H2,20,21,23). The van der Waals surface area contributed by atoms with Gasteiger partial charge in [0, 0.05) is 37.7 Å². The molecule has 0 aliphatic heterocycles. The molecule has 0 fully saturated rings. The van der Waals surface area contributed by atoms with Gasteiger partial charge in [0.1, 0.15) is 6.10 Å². The van der Waals surface area contributed by atoms with Crippen LogP contribution in [0.25, 0.3) is 0 Å². The molecule has 1 heterocycles. The molecule has 0 aliphatic rings. The maximum Gasteiger partial charge on any atom is 0.191 e. The van der Waals surface area contributed by atoms with Gasteiger partial charge >= 0.3 is 0 Å². The van der Waals surface area contributed by atoms with Crippen molar-refractivity contribution < 1.29 is 4.74 Å². The van der Waals surface area contributed by atoms with Crippen LogP contribution >= 0.6 is 11.3 Å². The van der Waals surface area contributed by atoms with Crippen LogP contribution in [0.5, 0.6) is 0 Å². The van der Waals surface area contributed by atoms with Gasteiger partial charge in [0.05, 0.1) is 11.6 Å². The van der Waals surface area contributed by atoms with Gasteiger partial charge in [-0.2, -0.15) is 0 Å². The molecule has 0 saturated heterocycles. The van der Waals surface area contributed by atoms with Crippen molar-refractivity contribution in [3.63, 3.8) is 0 Å². The lowest BCUT2D eigenvalue weighted by Crippen LogP contribution is -2.38. The molecular formula is C19H28N4OS. The van der Waals surface area contributed by atoms with E-state index in [-0.39, 0.29) is 6.10 Å². The van der Waals surface area contributed by atoms with Crippen LogP contribution in [0.15, 0.2) is 41.5 Å². The van der Waals surface area contributed by atoms with E-state index in [0.29, 0.717) is 6.54 Å². The minimum absolute atomic E-state index is 0.0391. The van der Waals surface area contributed by atoms with Crippen LogP contribution in [0.3, 0.4) is 0 Å².